The molecule has 0 radical (unpaired) electrons. The second-order valence-electron chi connectivity index (χ2n) is 3.98. The lowest BCUT2D eigenvalue weighted by molar-refractivity contribution is -0.118. The average molecular weight is 244 g/mol. The number of ether oxygens (including phenoxy) is 1. The van der Waals surface area contributed by atoms with Crippen molar-refractivity contribution in [2.75, 3.05) is 18.1 Å². The summed E-state index contributed by atoms with van der Waals surface area (Å²) < 4.78 is 5.45. The van der Waals surface area contributed by atoms with Crippen molar-refractivity contribution in [3.05, 3.63) is 23.8 Å². The summed E-state index contributed by atoms with van der Waals surface area (Å²) in [5.41, 5.74) is 0.988. The summed E-state index contributed by atoms with van der Waals surface area (Å²) in [6.07, 6.45) is 0.228. The summed E-state index contributed by atoms with van der Waals surface area (Å²) in [6.45, 7) is 1.69. The van der Waals surface area contributed by atoms with Crippen LogP contribution in [-0.4, -0.2) is 24.8 Å². The van der Waals surface area contributed by atoms with Crippen molar-refractivity contribution >= 4 is 17.4 Å². The highest BCUT2D eigenvalue weighted by atomic mass is 16.5. The zero-order chi connectivity index (χ0) is 13.1. The van der Waals surface area contributed by atoms with Crippen LogP contribution in [0.1, 0.15) is 23.7 Å². The molecule has 0 unspecified atom stereocenters. The highest BCUT2D eigenvalue weighted by molar-refractivity contribution is 6.00. The molecule has 92 valence electrons. The second-order valence-corrected chi connectivity index (χ2v) is 3.98. The summed E-state index contributed by atoms with van der Waals surface area (Å²) in [6, 6.07) is 6.86. The van der Waals surface area contributed by atoms with E-state index >= 15 is 0 Å². The minimum absolute atomic E-state index is 0.0451. The summed E-state index contributed by atoms with van der Waals surface area (Å²) in [5, 5.41) is 8.78. The fourth-order valence-electron chi connectivity index (χ4n) is 1.83. The molecule has 5 nitrogen and oxygen atoms in total. The molecule has 0 fully saturated rings. The Morgan fingerprint density at radius 3 is 3.00 bits per heavy atom. The van der Waals surface area contributed by atoms with Gasteiger partial charge in [0, 0.05) is 5.56 Å². The third-order valence-electron chi connectivity index (χ3n) is 2.76. The smallest absolute Gasteiger partial charge is 0.231 e. The number of rotatable bonds is 2. The highest BCUT2D eigenvalue weighted by Gasteiger charge is 2.23. The molecular formula is C13H12N2O3. The molecular weight excluding hydrogens is 232 g/mol. The van der Waals surface area contributed by atoms with Crippen molar-refractivity contribution in [3.8, 4) is 11.8 Å². The Kier molecular flexibility index (Phi) is 3.28. The van der Waals surface area contributed by atoms with Gasteiger partial charge in [0.1, 0.15) is 12.3 Å². The normalized spacial score (nSPS) is 14.2. The van der Waals surface area contributed by atoms with Crippen molar-refractivity contribution < 1.29 is 14.3 Å². The van der Waals surface area contributed by atoms with Gasteiger partial charge in [-0.05, 0) is 25.1 Å². The lowest BCUT2D eigenvalue weighted by atomic mass is 10.1. The maximum atomic E-state index is 11.9. The number of carbonyl (C=O) groups is 2. The molecule has 0 saturated heterocycles. The minimum Gasteiger partial charge on any atom is -0.491 e. The number of amides is 1. The van der Waals surface area contributed by atoms with Gasteiger partial charge in [-0.1, -0.05) is 0 Å². The Morgan fingerprint density at radius 1 is 1.56 bits per heavy atom. The third-order valence-corrected chi connectivity index (χ3v) is 2.76. The first-order valence-corrected chi connectivity index (χ1v) is 5.58. The number of hydrogen-bond donors (Lipinski definition) is 0. The van der Waals surface area contributed by atoms with Crippen molar-refractivity contribution in [2.45, 2.75) is 13.3 Å². The predicted molar refractivity (Wildman–Crippen MR) is 64.5 cm³/mol. The van der Waals surface area contributed by atoms with Crippen LogP contribution in [0.3, 0.4) is 0 Å². The zero-order valence-corrected chi connectivity index (χ0v) is 9.97. The molecule has 1 aliphatic heterocycles. The first kappa shape index (κ1) is 12.1. The molecule has 1 aromatic carbocycles. The summed E-state index contributed by atoms with van der Waals surface area (Å²) in [5.74, 6) is 0.267. The maximum Gasteiger partial charge on any atom is 0.231 e. The first-order chi connectivity index (χ1) is 8.63. The standard InChI is InChI=1S/C13H12N2O3/c1-9(16)10-2-3-12-11(8-10)15(6-5-14)13(17)4-7-18-12/h2-3,8H,4,6-7H2,1H3. The quantitative estimate of drug-likeness (QED) is 0.584. The topological polar surface area (TPSA) is 70.4 Å². The molecule has 1 amide bonds. The molecule has 0 N–H and O–H groups in total. The Bertz CT molecular complexity index is 546. The monoisotopic (exact) mass is 244 g/mol. The van der Waals surface area contributed by atoms with E-state index in [1.807, 2.05) is 6.07 Å². The molecule has 1 heterocycles. The van der Waals surface area contributed by atoms with Crippen molar-refractivity contribution in [1.29, 1.82) is 5.26 Å². The van der Waals surface area contributed by atoms with Gasteiger partial charge in [-0.25, -0.2) is 0 Å². The molecule has 0 aliphatic carbocycles. The zero-order valence-electron chi connectivity index (χ0n) is 9.97. The van der Waals surface area contributed by atoms with Crippen LogP contribution in [0.15, 0.2) is 18.2 Å². The van der Waals surface area contributed by atoms with Crippen molar-refractivity contribution in [3.63, 3.8) is 0 Å². The highest BCUT2D eigenvalue weighted by Crippen LogP contribution is 2.32. The van der Waals surface area contributed by atoms with Gasteiger partial charge in [0.15, 0.2) is 5.78 Å². The number of benzene rings is 1. The Morgan fingerprint density at radius 2 is 2.33 bits per heavy atom. The van der Waals surface area contributed by atoms with Gasteiger partial charge in [-0.15, -0.1) is 0 Å². The van der Waals surface area contributed by atoms with E-state index in [1.165, 1.54) is 11.8 Å². The summed E-state index contributed by atoms with van der Waals surface area (Å²) >= 11 is 0. The SMILES string of the molecule is CC(=O)c1ccc2c(c1)N(CC#N)C(=O)CCO2. The van der Waals surface area contributed by atoms with Gasteiger partial charge in [0.05, 0.1) is 24.8 Å². The van der Waals surface area contributed by atoms with Crippen LogP contribution in [0.25, 0.3) is 0 Å². The van der Waals surface area contributed by atoms with Crippen molar-refractivity contribution in [2.24, 2.45) is 0 Å². The van der Waals surface area contributed by atoms with Gasteiger partial charge < -0.3 is 4.74 Å². The largest absolute Gasteiger partial charge is 0.491 e. The second kappa shape index (κ2) is 4.88. The van der Waals surface area contributed by atoms with Crippen LogP contribution in [0.5, 0.6) is 5.75 Å². The van der Waals surface area contributed by atoms with Crippen LogP contribution in [0.4, 0.5) is 5.69 Å². The average Bonchev–Trinajstić information content (AvgIpc) is 2.50. The van der Waals surface area contributed by atoms with Crippen molar-refractivity contribution in [1.82, 2.24) is 0 Å². The molecule has 1 aromatic rings. The van der Waals surface area contributed by atoms with Gasteiger partial charge in [0.2, 0.25) is 5.91 Å². The first-order valence-electron chi connectivity index (χ1n) is 5.58. The van der Waals surface area contributed by atoms with E-state index in [-0.39, 0.29) is 31.3 Å². The van der Waals surface area contributed by atoms with E-state index in [0.717, 1.165) is 0 Å². The number of anilines is 1. The van der Waals surface area contributed by atoms with Crippen LogP contribution in [0, 0.1) is 11.3 Å². The van der Waals surface area contributed by atoms with Crippen LogP contribution in [0.2, 0.25) is 0 Å². The van der Waals surface area contributed by atoms with E-state index in [1.54, 1.807) is 18.2 Å². The number of hydrogen-bond acceptors (Lipinski definition) is 4. The number of nitrogens with zero attached hydrogens (tertiary/aromatic N) is 2. The number of nitriles is 1. The number of carbonyl (C=O) groups excluding carboxylic acids is 2. The molecule has 0 saturated carbocycles. The van der Waals surface area contributed by atoms with Gasteiger partial charge in [-0.2, -0.15) is 5.26 Å². The lowest BCUT2D eigenvalue weighted by Gasteiger charge is -2.19. The van der Waals surface area contributed by atoms with E-state index in [4.69, 9.17) is 10.00 Å². The molecule has 18 heavy (non-hydrogen) atoms. The molecule has 0 bridgehead atoms. The fraction of sp³-hybridized carbons (Fsp3) is 0.308. The van der Waals surface area contributed by atoms with E-state index in [9.17, 15) is 9.59 Å². The molecule has 2 rings (SSSR count). The Balaban J connectivity index is 2.51. The maximum absolute atomic E-state index is 11.9. The molecule has 0 atom stereocenters. The van der Waals surface area contributed by atoms with E-state index < -0.39 is 0 Å². The van der Waals surface area contributed by atoms with Gasteiger partial charge in [0.25, 0.3) is 0 Å². The number of ketones is 1. The number of Topliss-reactive ketones (excluding diaryl/α,β-unsaturated/α-hetero) is 1. The van der Waals surface area contributed by atoms with Crippen LogP contribution >= 0.6 is 0 Å². The molecule has 0 spiro atoms. The summed E-state index contributed by atoms with van der Waals surface area (Å²) in [7, 11) is 0. The van der Waals surface area contributed by atoms with Gasteiger partial charge >= 0.3 is 0 Å². The third kappa shape index (κ3) is 2.18. The van der Waals surface area contributed by atoms with Crippen LogP contribution < -0.4 is 9.64 Å². The summed E-state index contributed by atoms with van der Waals surface area (Å²) in [4.78, 5) is 24.6. The Labute approximate surface area is 105 Å². The molecule has 5 heteroatoms. The predicted octanol–water partition coefficient (Wildman–Crippen LogP) is 1.53. The van der Waals surface area contributed by atoms with E-state index in [0.29, 0.717) is 17.0 Å². The number of fused-ring (bicyclic) bond motifs is 1. The molecule has 1 aliphatic rings. The molecule has 0 aromatic heterocycles. The minimum atomic E-state index is -0.170. The Hall–Kier alpha value is -2.35. The van der Waals surface area contributed by atoms with Gasteiger partial charge in [-0.3, -0.25) is 14.5 Å². The van der Waals surface area contributed by atoms with Crippen LogP contribution in [-0.2, 0) is 4.79 Å². The lowest BCUT2D eigenvalue weighted by Crippen LogP contribution is -2.30. The fourth-order valence-corrected chi connectivity index (χ4v) is 1.83. The van der Waals surface area contributed by atoms with E-state index in [2.05, 4.69) is 0 Å².